The predicted octanol–water partition coefficient (Wildman–Crippen LogP) is 6.17. The molecule has 1 unspecified atom stereocenters. The van der Waals surface area contributed by atoms with Crippen LogP contribution in [0.2, 0.25) is 0 Å². The molecular formula is C31H34CoN4O. The SMILES string of the molecule is CN1\C(=C/C=N/N=C(\O)c2ccccc2)C(CCN2CCCCC2)(c2ccccc2)c2ccccc21.[Co]. The second kappa shape index (κ2) is 12.4. The standard InChI is InChI=1S/C31H34N4O.Co/c1-34-28-18-10-9-17-27(28)31(26-15-7-3-8-16-26,20-24-35-22-11-4-12-23-35)29(34)19-21-32-33-30(36)25-13-5-2-6-14-25;/h2-3,5-10,13-19,21H,4,11-12,20,22-24H2,1H3,(H,33,36);/b29-19-,32-21+;. The van der Waals surface area contributed by atoms with Gasteiger partial charge in [-0.2, -0.15) is 5.10 Å². The van der Waals surface area contributed by atoms with Crippen LogP contribution in [0.3, 0.4) is 0 Å². The van der Waals surface area contributed by atoms with Crippen LogP contribution >= 0.6 is 0 Å². The summed E-state index contributed by atoms with van der Waals surface area (Å²) in [6.45, 7) is 3.39. The van der Waals surface area contributed by atoms with Crippen molar-refractivity contribution in [2.24, 2.45) is 10.2 Å². The second-order valence-electron chi connectivity index (χ2n) is 9.61. The van der Waals surface area contributed by atoms with Gasteiger partial charge in [-0.1, -0.05) is 73.2 Å². The molecule has 3 aromatic rings. The average Bonchev–Trinajstić information content (AvgIpc) is 3.19. The van der Waals surface area contributed by atoms with E-state index in [4.69, 9.17) is 0 Å². The summed E-state index contributed by atoms with van der Waals surface area (Å²) < 4.78 is 0. The summed E-state index contributed by atoms with van der Waals surface area (Å²) in [5.74, 6) is -0.0901. The fraction of sp³-hybridized carbons (Fsp3) is 0.290. The maximum absolute atomic E-state index is 10.3. The molecule has 0 aromatic heterocycles. The third-order valence-electron chi connectivity index (χ3n) is 7.53. The Balaban J connectivity index is 0.00000320. The van der Waals surface area contributed by atoms with Gasteiger partial charge in [-0.3, -0.25) is 0 Å². The summed E-state index contributed by atoms with van der Waals surface area (Å²) >= 11 is 0. The van der Waals surface area contributed by atoms with Crippen LogP contribution in [0.1, 0.15) is 42.4 Å². The minimum Gasteiger partial charge on any atom is -0.492 e. The number of piperidine rings is 1. The van der Waals surface area contributed by atoms with Crippen molar-refractivity contribution in [2.45, 2.75) is 31.1 Å². The molecule has 193 valence electrons. The Morgan fingerprint density at radius 3 is 2.27 bits per heavy atom. The monoisotopic (exact) mass is 537 g/mol. The van der Waals surface area contributed by atoms with Crippen molar-refractivity contribution in [2.75, 3.05) is 31.6 Å². The Hall–Kier alpha value is -3.19. The second-order valence-corrected chi connectivity index (χ2v) is 9.61. The number of allylic oxidation sites excluding steroid dienone is 2. The maximum atomic E-state index is 10.3. The van der Waals surface area contributed by atoms with Crippen LogP contribution in [0.4, 0.5) is 5.69 Å². The van der Waals surface area contributed by atoms with E-state index in [-0.39, 0.29) is 28.1 Å². The molecule has 1 atom stereocenters. The van der Waals surface area contributed by atoms with Gasteiger partial charge < -0.3 is 14.9 Å². The first-order chi connectivity index (χ1) is 17.7. The number of aliphatic hydroxyl groups excluding tert-OH is 1. The van der Waals surface area contributed by atoms with E-state index in [1.54, 1.807) is 6.21 Å². The molecule has 5 rings (SSSR count). The number of benzene rings is 3. The van der Waals surface area contributed by atoms with E-state index in [0.717, 1.165) is 13.0 Å². The Bertz CT molecular complexity index is 1250. The summed E-state index contributed by atoms with van der Waals surface area (Å²) in [5, 5.41) is 18.6. The number of hydrogen-bond donors (Lipinski definition) is 1. The van der Waals surface area contributed by atoms with Gasteiger partial charge in [-0.15, -0.1) is 5.10 Å². The molecule has 5 nitrogen and oxygen atoms in total. The molecule has 1 fully saturated rings. The molecule has 1 saturated heterocycles. The van der Waals surface area contributed by atoms with E-state index < -0.39 is 0 Å². The Morgan fingerprint density at radius 2 is 1.54 bits per heavy atom. The molecule has 2 aliphatic rings. The van der Waals surface area contributed by atoms with Gasteiger partial charge in [0.15, 0.2) is 0 Å². The van der Waals surface area contributed by atoms with Crippen LogP contribution in [0.15, 0.2) is 107 Å². The minimum absolute atomic E-state index is 0. The Labute approximate surface area is 230 Å². The number of para-hydroxylation sites is 1. The van der Waals surface area contributed by atoms with Crippen LogP contribution in [-0.4, -0.2) is 48.8 Å². The number of anilines is 1. The molecule has 0 aliphatic carbocycles. The predicted molar refractivity (Wildman–Crippen MR) is 149 cm³/mol. The number of nitrogens with zero attached hydrogens (tertiary/aromatic N) is 4. The zero-order chi connectivity index (χ0) is 24.8. The van der Waals surface area contributed by atoms with Gasteiger partial charge in [0.05, 0.1) is 11.6 Å². The summed E-state index contributed by atoms with van der Waals surface area (Å²) in [5.41, 5.74) is 5.36. The minimum atomic E-state index is -0.290. The number of likely N-dealkylation sites (N-methyl/N-ethyl adjacent to an activating group) is 1. The van der Waals surface area contributed by atoms with Crippen molar-refractivity contribution in [3.05, 3.63) is 113 Å². The van der Waals surface area contributed by atoms with Crippen molar-refractivity contribution in [1.29, 1.82) is 0 Å². The van der Waals surface area contributed by atoms with Crippen LogP contribution < -0.4 is 4.90 Å². The van der Waals surface area contributed by atoms with E-state index in [1.807, 2.05) is 30.3 Å². The van der Waals surface area contributed by atoms with Crippen molar-refractivity contribution in [3.63, 3.8) is 0 Å². The van der Waals surface area contributed by atoms with Crippen LogP contribution in [0, 0.1) is 0 Å². The zero-order valence-electron chi connectivity index (χ0n) is 21.3. The number of likely N-dealkylation sites (tertiary alicyclic amines) is 1. The van der Waals surface area contributed by atoms with Crippen molar-refractivity contribution in [3.8, 4) is 0 Å². The van der Waals surface area contributed by atoms with Crippen LogP contribution in [0.25, 0.3) is 0 Å². The molecule has 1 N–H and O–H groups in total. The summed E-state index contributed by atoms with van der Waals surface area (Å²) in [7, 11) is 2.13. The first-order valence-electron chi connectivity index (χ1n) is 12.9. The molecule has 0 amide bonds. The van der Waals surface area contributed by atoms with Gasteiger partial charge in [0.2, 0.25) is 5.90 Å². The van der Waals surface area contributed by atoms with Crippen LogP contribution in [0.5, 0.6) is 0 Å². The summed E-state index contributed by atoms with van der Waals surface area (Å²) in [6, 6.07) is 28.8. The molecule has 0 saturated carbocycles. The molecule has 2 heterocycles. The molecule has 6 heteroatoms. The third-order valence-corrected chi connectivity index (χ3v) is 7.53. The Kier molecular flexibility index (Phi) is 8.98. The van der Waals surface area contributed by atoms with Crippen molar-refractivity contribution in [1.82, 2.24) is 4.90 Å². The zero-order valence-corrected chi connectivity index (χ0v) is 22.3. The number of hydrogen-bond acceptors (Lipinski definition) is 4. The number of rotatable bonds is 7. The quantitative estimate of drug-likeness (QED) is 0.223. The third kappa shape index (κ3) is 5.56. The normalized spacial score (nSPS) is 21.3. The van der Waals surface area contributed by atoms with Gasteiger partial charge in [-0.25, -0.2) is 0 Å². The van der Waals surface area contributed by atoms with Gasteiger partial charge in [0.25, 0.3) is 0 Å². The molecule has 3 aromatic carbocycles. The molecule has 1 radical (unpaired) electrons. The largest absolute Gasteiger partial charge is 0.492 e. The Morgan fingerprint density at radius 1 is 0.892 bits per heavy atom. The van der Waals surface area contributed by atoms with E-state index >= 15 is 0 Å². The van der Waals surface area contributed by atoms with Crippen LogP contribution in [-0.2, 0) is 22.2 Å². The molecule has 0 bridgehead atoms. The first kappa shape index (κ1) is 26.9. The summed E-state index contributed by atoms with van der Waals surface area (Å²) in [6.07, 6.45) is 8.65. The van der Waals surface area contributed by atoms with E-state index in [9.17, 15) is 5.11 Å². The smallest absolute Gasteiger partial charge is 0.238 e. The average molecular weight is 538 g/mol. The van der Waals surface area contributed by atoms with E-state index in [2.05, 4.69) is 87.7 Å². The van der Waals surface area contributed by atoms with Gasteiger partial charge >= 0.3 is 0 Å². The fourth-order valence-electron chi connectivity index (χ4n) is 5.71. The first-order valence-corrected chi connectivity index (χ1v) is 12.9. The molecule has 2 aliphatic heterocycles. The molecule has 37 heavy (non-hydrogen) atoms. The number of fused-ring (bicyclic) bond motifs is 1. The topological polar surface area (TPSA) is 51.4 Å². The van der Waals surface area contributed by atoms with E-state index in [0.29, 0.717) is 5.56 Å². The maximum Gasteiger partial charge on any atom is 0.238 e. The van der Waals surface area contributed by atoms with Gasteiger partial charge in [0, 0.05) is 40.8 Å². The van der Waals surface area contributed by atoms with Gasteiger partial charge in [0.1, 0.15) is 0 Å². The fourth-order valence-corrected chi connectivity index (χ4v) is 5.71. The molecular weight excluding hydrogens is 503 g/mol. The van der Waals surface area contributed by atoms with Gasteiger partial charge in [-0.05, 0) is 74.3 Å². The van der Waals surface area contributed by atoms with Crippen molar-refractivity contribution >= 4 is 17.8 Å². The number of aliphatic hydroxyl groups is 1. The summed E-state index contributed by atoms with van der Waals surface area (Å²) in [4.78, 5) is 4.90. The molecule has 0 spiro atoms. The van der Waals surface area contributed by atoms with E-state index in [1.165, 1.54) is 54.9 Å². The van der Waals surface area contributed by atoms with Crippen molar-refractivity contribution < 1.29 is 21.9 Å².